The fraction of sp³-hybridized carbons (Fsp3) is 0.455. The molecule has 1 atom stereocenters. The molecule has 0 fully saturated rings. The first-order chi connectivity index (χ1) is 8.08. The first kappa shape index (κ1) is 13.0. The van der Waals surface area contributed by atoms with Crippen LogP contribution in [0, 0.1) is 2.88 Å². The predicted octanol–water partition coefficient (Wildman–Crippen LogP) is 2.80. The normalized spacial score (nSPS) is 13.2. The zero-order valence-electron chi connectivity index (χ0n) is 9.67. The SMILES string of the molecule is CC(C)n1ncnc1CC(O)c1csc(I)c1. The van der Waals surface area contributed by atoms with Gasteiger partial charge < -0.3 is 5.11 Å². The highest BCUT2D eigenvalue weighted by Gasteiger charge is 2.15. The maximum absolute atomic E-state index is 10.1. The van der Waals surface area contributed by atoms with Crippen LogP contribution in [0.15, 0.2) is 17.8 Å². The summed E-state index contributed by atoms with van der Waals surface area (Å²) >= 11 is 3.90. The van der Waals surface area contributed by atoms with Crippen molar-refractivity contribution in [3.63, 3.8) is 0 Å². The minimum atomic E-state index is -0.503. The Labute approximate surface area is 118 Å². The smallest absolute Gasteiger partial charge is 0.138 e. The first-order valence-corrected chi connectivity index (χ1v) is 7.34. The van der Waals surface area contributed by atoms with Crippen LogP contribution in [0.4, 0.5) is 0 Å². The Bertz CT molecular complexity index is 494. The average molecular weight is 363 g/mol. The molecule has 1 N–H and O–H groups in total. The summed E-state index contributed by atoms with van der Waals surface area (Å²) in [5.41, 5.74) is 0.956. The second-order valence-corrected chi connectivity index (χ2v) is 6.92. The van der Waals surface area contributed by atoms with Crippen molar-refractivity contribution in [3.05, 3.63) is 32.0 Å². The van der Waals surface area contributed by atoms with Crippen molar-refractivity contribution >= 4 is 33.9 Å². The fourth-order valence-electron chi connectivity index (χ4n) is 1.64. The average Bonchev–Trinajstić information content (AvgIpc) is 2.86. The fourth-order valence-corrected chi connectivity index (χ4v) is 3.06. The lowest BCUT2D eigenvalue weighted by Gasteiger charge is -2.12. The molecule has 0 spiro atoms. The highest BCUT2D eigenvalue weighted by molar-refractivity contribution is 14.1. The van der Waals surface area contributed by atoms with E-state index in [1.54, 1.807) is 17.7 Å². The number of thiophene rings is 1. The van der Waals surface area contributed by atoms with E-state index >= 15 is 0 Å². The maximum atomic E-state index is 10.1. The molecule has 1 unspecified atom stereocenters. The number of hydrogen-bond donors (Lipinski definition) is 1. The summed E-state index contributed by atoms with van der Waals surface area (Å²) in [5.74, 6) is 0.828. The summed E-state index contributed by atoms with van der Waals surface area (Å²) in [4.78, 5) is 4.20. The second kappa shape index (κ2) is 5.45. The van der Waals surface area contributed by atoms with Crippen molar-refractivity contribution in [1.29, 1.82) is 0 Å². The van der Waals surface area contributed by atoms with Crippen LogP contribution >= 0.6 is 33.9 Å². The van der Waals surface area contributed by atoms with Gasteiger partial charge in [0.05, 0.1) is 8.99 Å². The van der Waals surface area contributed by atoms with Gasteiger partial charge in [0, 0.05) is 12.5 Å². The van der Waals surface area contributed by atoms with Gasteiger partial charge in [-0.25, -0.2) is 9.67 Å². The van der Waals surface area contributed by atoms with Crippen LogP contribution < -0.4 is 0 Å². The molecule has 0 aliphatic carbocycles. The lowest BCUT2D eigenvalue weighted by molar-refractivity contribution is 0.174. The quantitative estimate of drug-likeness (QED) is 0.850. The minimum absolute atomic E-state index is 0.266. The van der Waals surface area contributed by atoms with E-state index in [1.165, 1.54) is 2.88 Å². The van der Waals surface area contributed by atoms with Gasteiger partial charge in [0.2, 0.25) is 0 Å². The molecule has 0 radical (unpaired) electrons. The Balaban J connectivity index is 2.13. The van der Waals surface area contributed by atoms with E-state index in [0.717, 1.165) is 11.4 Å². The number of aromatic nitrogens is 3. The molecule has 0 aromatic carbocycles. The molecular formula is C11H14IN3OS. The van der Waals surface area contributed by atoms with Gasteiger partial charge in [-0.3, -0.25) is 0 Å². The molecule has 17 heavy (non-hydrogen) atoms. The van der Waals surface area contributed by atoms with Crippen molar-refractivity contribution in [2.24, 2.45) is 0 Å². The van der Waals surface area contributed by atoms with Gasteiger partial charge >= 0.3 is 0 Å². The first-order valence-electron chi connectivity index (χ1n) is 5.38. The van der Waals surface area contributed by atoms with Crippen molar-refractivity contribution in [2.75, 3.05) is 0 Å². The van der Waals surface area contributed by atoms with E-state index in [1.807, 2.05) is 16.1 Å². The van der Waals surface area contributed by atoms with E-state index < -0.39 is 6.10 Å². The molecule has 6 heteroatoms. The third-order valence-corrected chi connectivity index (χ3v) is 4.29. The van der Waals surface area contributed by atoms with E-state index in [-0.39, 0.29) is 6.04 Å². The molecule has 2 aromatic heterocycles. The highest BCUT2D eigenvalue weighted by Crippen LogP contribution is 2.24. The van der Waals surface area contributed by atoms with Gasteiger partial charge in [-0.1, -0.05) is 0 Å². The molecule has 0 saturated carbocycles. The molecule has 0 saturated heterocycles. The summed E-state index contributed by atoms with van der Waals surface area (Å²) in [6, 6.07) is 2.27. The largest absolute Gasteiger partial charge is 0.388 e. The minimum Gasteiger partial charge on any atom is -0.388 e. The lowest BCUT2D eigenvalue weighted by Crippen LogP contribution is -2.11. The summed E-state index contributed by atoms with van der Waals surface area (Å²) in [6.45, 7) is 4.11. The van der Waals surface area contributed by atoms with Gasteiger partial charge in [0.25, 0.3) is 0 Å². The summed E-state index contributed by atoms with van der Waals surface area (Å²) < 4.78 is 3.03. The Morgan fingerprint density at radius 3 is 2.88 bits per heavy atom. The van der Waals surface area contributed by atoms with Gasteiger partial charge in [0.15, 0.2) is 0 Å². The number of rotatable bonds is 4. The number of halogens is 1. The van der Waals surface area contributed by atoms with Crippen LogP contribution in [0.3, 0.4) is 0 Å². The van der Waals surface area contributed by atoms with Gasteiger partial charge in [0.1, 0.15) is 12.2 Å². The molecule has 2 rings (SSSR count). The molecule has 0 aliphatic rings. The number of hydrogen-bond acceptors (Lipinski definition) is 4. The number of aliphatic hydroxyl groups excluding tert-OH is 1. The third kappa shape index (κ3) is 3.05. The maximum Gasteiger partial charge on any atom is 0.138 e. The van der Waals surface area contributed by atoms with Gasteiger partial charge in [-0.05, 0) is 53.4 Å². The zero-order chi connectivity index (χ0) is 12.4. The third-order valence-electron chi connectivity index (χ3n) is 2.48. The van der Waals surface area contributed by atoms with Crippen LogP contribution in [-0.4, -0.2) is 19.9 Å². The lowest BCUT2D eigenvalue weighted by atomic mass is 10.1. The van der Waals surface area contributed by atoms with Gasteiger partial charge in [-0.15, -0.1) is 11.3 Å². The molecule has 2 heterocycles. The van der Waals surface area contributed by atoms with Crippen molar-refractivity contribution in [1.82, 2.24) is 14.8 Å². The van der Waals surface area contributed by atoms with E-state index in [0.29, 0.717) is 6.42 Å². The number of aliphatic hydroxyl groups is 1. The second-order valence-electron chi connectivity index (χ2n) is 4.12. The molecule has 0 aliphatic heterocycles. The van der Waals surface area contributed by atoms with E-state index in [9.17, 15) is 5.11 Å². The summed E-state index contributed by atoms with van der Waals surface area (Å²) in [5, 5.41) is 16.3. The number of nitrogens with zero attached hydrogens (tertiary/aromatic N) is 3. The van der Waals surface area contributed by atoms with Crippen molar-refractivity contribution in [3.8, 4) is 0 Å². The topological polar surface area (TPSA) is 50.9 Å². The van der Waals surface area contributed by atoms with Crippen molar-refractivity contribution < 1.29 is 5.11 Å². The molecular weight excluding hydrogens is 349 g/mol. The highest BCUT2D eigenvalue weighted by atomic mass is 127. The van der Waals surface area contributed by atoms with Crippen LogP contribution in [0.5, 0.6) is 0 Å². The van der Waals surface area contributed by atoms with Crippen LogP contribution in [0.2, 0.25) is 0 Å². The molecule has 2 aromatic rings. The Kier molecular flexibility index (Phi) is 4.16. The molecule has 0 bridgehead atoms. The summed E-state index contributed by atoms with van der Waals surface area (Å²) in [7, 11) is 0. The molecule has 4 nitrogen and oxygen atoms in total. The zero-order valence-corrected chi connectivity index (χ0v) is 12.6. The van der Waals surface area contributed by atoms with Crippen LogP contribution in [0.1, 0.15) is 37.4 Å². The van der Waals surface area contributed by atoms with E-state index in [4.69, 9.17) is 0 Å². The Hall–Kier alpha value is -0.470. The van der Waals surface area contributed by atoms with E-state index in [2.05, 4.69) is 46.5 Å². The monoisotopic (exact) mass is 363 g/mol. The Morgan fingerprint density at radius 2 is 2.29 bits per heavy atom. The molecule has 0 amide bonds. The Morgan fingerprint density at radius 1 is 1.53 bits per heavy atom. The predicted molar refractivity (Wildman–Crippen MR) is 76.1 cm³/mol. The summed E-state index contributed by atoms with van der Waals surface area (Å²) in [6.07, 6.45) is 1.54. The van der Waals surface area contributed by atoms with Crippen molar-refractivity contribution in [2.45, 2.75) is 32.4 Å². The van der Waals surface area contributed by atoms with Crippen LogP contribution in [0.25, 0.3) is 0 Å². The van der Waals surface area contributed by atoms with Gasteiger partial charge in [-0.2, -0.15) is 5.10 Å². The molecule has 92 valence electrons. The van der Waals surface area contributed by atoms with Crippen LogP contribution in [-0.2, 0) is 6.42 Å². The standard InChI is InChI=1S/C11H14IN3OS/c1-7(2)15-11(13-6-14-15)4-9(16)8-3-10(12)17-5-8/h3,5-7,9,16H,4H2,1-2H3.